The molecule has 0 aliphatic carbocycles. The number of rotatable bonds is 12. The van der Waals surface area contributed by atoms with Gasteiger partial charge in [0, 0.05) is 12.3 Å². The van der Waals surface area contributed by atoms with Gasteiger partial charge in [0.1, 0.15) is 17.4 Å². The molecule has 1 aromatic rings. The normalized spacial score (nSPS) is 13.3. The average molecular weight is 439 g/mol. The van der Waals surface area contributed by atoms with E-state index < -0.39 is 17.7 Å². The van der Waals surface area contributed by atoms with Crippen LogP contribution < -0.4 is 15.4 Å². The first-order valence-corrected chi connectivity index (χ1v) is 11.8. The van der Waals surface area contributed by atoms with Gasteiger partial charge in [0.25, 0.3) is 0 Å². The second-order valence-electron chi connectivity index (χ2n) is 8.37. The first-order valence-electron chi connectivity index (χ1n) is 10.7. The van der Waals surface area contributed by atoms with E-state index in [4.69, 9.17) is 9.47 Å². The van der Waals surface area contributed by atoms with Gasteiger partial charge in [-0.1, -0.05) is 38.8 Å². The summed E-state index contributed by atoms with van der Waals surface area (Å²) in [6, 6.07) is 6.86. The standard InChI is InChI=1S/C23H38N2O4S/c1-7-9-17(8-2)15-30-16-20(25-22(27)29-23(3,4)5)21(26)24-14-18-10-12-19(28-6)13-11-18/h10-13,17,20H,7-9,14-16H2,1-6H3,(H,24,26)(H,25,27)/t17?,20-/m0/s1. The molecular weight excluding hydrogens is 400 g/mol. The molecule has 2 amide bonds. The zero-order valence-electron chi connectivity index (χ0n) is 19.2. The monoisotopic (exact) mass is 438 g/mol. The van der Waals surface area contributed by atoms with Gasteiger partial charge in [0.05, 0.1) is 7.11 Å². The highest BCUT2D eigenvalue weighted by Crippen LogP contribution is 2.18. The molecule has 0 spiro atoms. The number of amides is 2. The maximum atomic E-state index is 12.8. The third-order valence-electron chi connectivity index (χ3n) is 4.55. The molecule has 30 heavy (non-hydrogen) atoms. The van der Waals surface area contributed by atoms with Crippen LogP contribution >= 0.6 is 11.8 Å². The molecule has 2 N–H and O–H groups in total. The Bertz CT molecular complexity index is 644. The van der Waals surface area contributed by atoms with Crippen LogP contribution in [-0.4, -0.2) is 42.3 Å². The zero-order chi connectivity index (χ0) is 22.6. The van der Waals surface area contributed by atoms with Crippen LogP contribution in [0.3, 0.4) is 0 Å². The minimum Gasteiger partial charge on any atom is -0.497 e. The molecule has 0 aliphatic heterocycles. The van der Waals surface area contributed by atoms with Crippen LogP contribution in [-0.2, 0) is 16.1 Å². The topological polar surface area (TPSA) is 76.7 Å². The van der Waals surface area contributed by atoms with Crippen LogP contribution in [0.2, 0.25) is 0 Å². The lowest BCUT2D eigenvalue weighted by atomic mass is 10.0. The zero-order valence-corrected chi connectivity index (χ0v) is 20.1. The SMILES string of the molecule is CCCC(CC)CSC[C@H](NC(=O)OC(C)(C)C)C(=O)NCc1ccc(OC)cc1. The van der Waals surface area contributed by atoms with Crippen molar-refractivity contribution in [1.82, 2.24) is 10.6 Å². The summed E-state index contributed by atoms with van der Waals surface area (Å²) >= 11 is 1.70. The molecule has 0 heterocycles. The molecule has 0 aromatic heterocycles. The van der Waals surface area contributed by atoms with E-state index in [0.29, 0.717) is 18.2 Å². The van der Waals surface area contributed by atoms with E-state index in [1.165, 1.54) is 6.42 Å². The highest BCUT2D eigenvalue weighted by Gasteiger charge is 2.24. The van der Waals surface area contributed by atoms with Crippen LogP contribution in [0.15, 0.2) is 24.3 Å². The fourth-order valence-electron chi connectivity index (χ4n) is 2.85. The number of carbonyl (C=O) groups excluding carboxylic acids is 2. The van der Waals surface area contributed by atoms with E-state index in [0.717, 1.165) is 29.9 Å². The molecule has 0 saturated heterocycles. The van der Waals surface area contributed by atoms with Crippen molar-refractivity contribution in [2.75, 3.05) is 18.6 Å². The van der Waals surface area contributed by atoms with Crippen molar-refractivity contribution in [1.29, 1.82) is 0 Å². The van der Waals surface area contributed by atoms with Gasteiger partial charge in [0.2, 0.25) is 5.91 Å². The summed E-state index contributed by atoms with van der Waals surface area (Å²) in [7, 11) is 1.62. The number of nitrogens with one attached hydrogen (secondary N) is 2. The smallest absolute Gasteiger partial charge is 0.408 e. The summed E-state index contributed by atoms with van der Waals surface area (Å²) < 4.78 is 10.5. The first-order chi connectivity index (χ1) is 14.2. The van der Waals surface area contributed by atoms with Crippen molar-refractivity contribution >= 4 is 23.8 Å². The molecule has 7 heteroatoms. The summed E-state index contributed by atoms with van der Waals surface area (Å²) in [4.78, 5) is 25.0. The Balaban J connectivity index is 2.68. The number of carbonyl (C=O) groups is 2. The van der Waals surface area contributed by atoms with Gasteiger partial charge < -0.3 is 20.1 Å². The van der Waals surface area contributed by atoms with Crippen LogP contribution in [0.1, 0.15) is 59.4 Å². The van der Waals surface area contributed by atoms with E-state index in [9.17, 15) is 9.59 Å². The number of ether oxygens (including phenoxy) is 2. The molecule has 0 bridgehead atoms. The molecule has 6 nitrogen and oxygen atoms in total. The maximum absolute atomic E-state index is 12.8. The summed E-state index contributed by atoms with van der Waals surface area (Å²) in [6.45, 7) is 10.2. The fourth-order valence-corrected chi connectivity index (χ4v) is 4.20. The summed E-state index contributed by atoms with van der Waals surface area (Å²) in [6.07, 6.45) is 2.88. The van der Waals surface area contributed by atoms with Crippen LogP contribution in [0.4, 0.5) is 4.79 Å². The van der Waals surface area contributed by atoms with E-state index in [1.54, 1.807) is 39.6 Å². The summed E-state index contributed by atoms with van der Waals surface area (Å²) in [5.74, 6) is 2.66. The van der Waals surface area contributed by atoms with Gasteiger partial charge >= 0.3 is 6.09 Å². The summed E-state index contributed by atoms with van der Waals surface area (Å²) in [5.41, 5.74) is 0.345. The Morgan fingerprint density at radius 1 is 1.10 bits per heavy atom. The molecule has 0 aliphatic rings. The minimum absolute atomic E-state index is 0.215. The number of methoxy groups -OCH3 is 1. The van der Waals surface area contributed by atoms with Crippen molar-refractivity contribution in [3.05, 3.63) is 29.8 Å². The predicted molar refractivity (Wildman–Crippen MR) is 124 cm³/mol. The molecule has 0 saturated carbocycles. The Morgan fingerprint density at radius 2 is 1.77 bits per heavy atom. The van der Waals surface area contributed by atoms with E-state index in [2.05, 4.69) is 24.5 Å². The molecule has 1 rings (SSSR count). The van der Waals surface area contributed by atoms with Gasteiger partial charge in [-0.25, -0.2) is 4.79 Å². The largest absolute Gasteiger partial charge is 0.497 e. The van der Waals surface area contributed by atoms with Gasteiger partial charge in [-0.15, -0.1) is 0 Å². The fraction of sp³-hybridized carbons (Fsp3) is 0.652. The third-order valence-corrected chi connectivity index (χ3v) is 5.82. The predicted octanol–water partition coefficient (Wildman–Crippen LogP) is 4.76. The number of hydrogen-bond acceptors (Lipinski definition) is 5. The van der Waals surface area contributed by atoms with E-state index >= 15 is 0 Å². The van der Waals surface area contributed by atoms with Crippen LogP contribution in [0.25, 0.3) is 0 Å². The van der Waals surface area contributed by atoms with Crippen molar-refractivity contribution in [3.8, 4) is 5.75 Å². The molecular formula is C23H38N2O4S. The second kappa shape index (κ2) is 13.4. The lowest BCUT2D eigenvalue weighted by molar-refractivity contribution is -0.122. The molecule has 170 valence electrons. The second-order valence-corrected chi connectivity index (χ2v) is 9.44. The van der Waals surface area contributed by atoms with Gasteiger partial charge in [-0.05, 0) is 56.6 Å². The first kappa shape index (κ1) is 26.1. The van der Waals surface area contributed by atoms with E-state index in [1.807, 2.05) is 24.3 Å². The molecule has 2 atom stereocenters. The Labute approximate surface area is 185 Å². The van der Waals surface area contributed by atoms with Crippen LogP contribution in [0, 0.1) is 5.92 Å². The highest BCUT2D eigenvalue weighted by molar-refractivity contribution is 7.99. The lowest BCUT2D eigenvalue weighted by Crippen LogP contribution is -2.49. The summed E-state index contributed by atoms with van der Waals surface area (Å²) in [5, 5.41) is 5.66. The number of thioether (sulfide) groups is 1. The minimum atomic E-state index is -0.651. The number of benzene rings is 1. The molecule has 1 aromatic carbocycles. The van der Waals surface area contributed by atoms with Crippen molar-refractivity contribution < 1.29 is 19.1 Å². The quantitative estimate of drug-likeness (QED) is 0.492. The average Bonchev–Trinajstić information content (AvgIpc) is 2.69. The Hall–Kier alpha value is -1.89. The highest BCUT2D eigenvalue weighted by atomic mass is 32.2. The molecule has 0 fully saturated rings. The maximum Gasteiger partial charge on any atom is 0.408 e. The molecule has 0 radical (unpaired) electrons. The van der Waals surface area contributed by atoms with Crippen molar-refractivity contribution in [2.24, 2.45) is 5.92 Å². The van der Waals surface area contributed by atoms with E-state index in [-0.39, 0.29) is 5.91 Å². The Morgan fingerprint density at radius 3 is 2.30 bits per heavy atom. The van der Waals surface area contributed by atoms with Gasteiger partial charge in [0.15, 0.2) is 0 Å². The third kappa shape index (κ3) is 10.8. The number of alkyl carbamates (subject to hydrolysis) is 1. The van der Waals surface area contributed by atoms with Crippen LogP contribution in [0.5, 0.6) is 5.75 Å². The van der Waals surface area contributed by atoms with Crippen molar-refractivity contribution in [3.63, 3.8) is 0 Å². The molecule has 1 unspecified atom stereocenters. The number of hydrogen-bond donors (Lipinski definition) is 2. The Kier molecular flexibility index (Phi) is 11.7. The van der Waals surface area contributed by atoms with Gasteiger partial charge in [-0.2, -0.15) is 11.8 Å². The van der Waals surface area contributed by atoms with Crippen molar-refractivity contribution in [2.45, 2.75) is 72.1 Å². The lowest BCUT2D eigenvalue weighted by Gasteiger charge is -2.23. The van der Waals surface area contributed by atoms with Gasteiger partial charge in [-0.3, -0.25) is 4.79 Å².